The van der Waals surface area contributed by atoms with Gasteiger partial charge in [0.2, 0.25) is 0 Å². The van der Waals surface area contributed by atoms with Gasteiger partial charge in [-0.3, -0.25) is 0 Å². The van der Waals surface area contributed by atoms with Crippen molar-refractivity contribution in [3.05, 3.63) is 58.6 Å². The van der Waals surface area contributed by atoms with Gasteiger partial charge < -0.3 is 9.84 Å². The highest BCUT2D eigenvalue weighted by atomic mass is 35.5. The number of hydrogen-bond donors (Lipinski definition) is 1. The molecule has 2 aromatic carbocycles. The van der Waals surface area contributed by atoms with E-state index in [4.69, 9.17) is 16.3 Å². The molecule has 0 heterocycles. The first-order valence-corrected chi connectivity index (χ1v) is 6.26. The molecule has 0 radical (unpaired) electrons. The van der Waals surface area contributed by atoms with Crippen LogP contribution in [0.1, 0.15) is 18.1 Å². The van der Waals surface area contributed by atoms with Crippen molar-refractivity contribution in [2.45, 2.75) is 13.3 Å². The fourth-order valence-electron chi connectivity index (χ4n) is 1.80. The van der Waals surface area contributed by atoms with Crippen LogP contribution < -0.4 is 4.74 Å². The van der Waals surface area contributed by atoms with Crippen LogP contribution in [0.2, 0.25) is 5.02 Å². The maximum atomic E-state index is 9.78. The van der Waals surface area contributed by atoms with E-state index in [1.54, 1.807) is 18.2 Å². The molecule has 3 heteroatoms. The summed E-state index contributed by atoms with van der Waals surface area (Å²) in [4.78, 5) is 0. The molecule has 0 saturated carbocycles. The van der Waals surface area contributed by atoms with Crippen molar-refractivity contribution < 1.29 is 9.84 Å². The molecule has 2 rings (SSSR count). The van der Waals surface area contributed by atoms with Crippen LogP contribution >= 0.6 is 11.6 Å². The van der Waals surface area contributed by atoms with E-state index in [0.717, 1.165) is 16.9 Å². The monoisotopic (exact) mass is 262 g/mol. The van der Waals surface area contributed by atoms with Crippen molar-refractivity contribution in [3.63, 3.8) is 0 Å². The zero-order valence-corrected chi connectivity index (χ0v) is 10.9. The van der Waals surface area contributed by atoms with Gasteiger partial charge in [-0.25, -0.2) is 0 Å². The van der Waals surface area contributed by atoms with Crippen molar-refractivity contribution in [1.29, 1.82) is 0 Å². The Morgan fingerprint density at radius 3 is 2.44 bits per heavy atom. The Kier molecular flexibility index (Phi) is 4.11. The highest BCUT2D eigenvalue weighted by Crippen LogP contribution is 2.28. The third kappa shape index (κ3) is 2.96. The first-order valence-electron chi connectivity index (χ1n) is 5.88. The Bertz CT molecular complexity index is 500. The van der Waals surface area contributed by atoms with E-state index in [2.05, 4.69) is 0 Å². The lowest BCUT2D eigenvalue weighted by atomic mass is 10.0. The fraction of sp³-hybridized carbons (Fsp3) is 0.200. The van der Waals surface area contributed by atoms with E-state index < -0.39 is 0 Å². The Morgan fingerprint density at radius 2 is 1.83 bits per heavy atom. The molecule has 0 atom stereocenters. The molecular weight excluding hydrogens is 248 g/mol. The van der Waals surface area contributed by atoms with E-state index in [9.17, 15) is 5.11 Å². The molecule has 94 valence electrons. The lowest BCUT2D eigenvalue weighted by Gasteiger charge is -2.08. The summed E-state index contributed by atoms with van der Waals surface area (Å²) in [5.41, 5.74) is 1.84. The Morgan fingerprint density at radius 1 is 1.11 bits per heavy atom. The van der Waals surface area contributed by atoms with E-state index in [1.807, 2.05) is 31.2 Å². The average molecular weight is 263 g/mol. The summed E-state index contributed by atoms with van der Waals surface area (Å²) in [6.07, 6.45) is 0.609. The molecule has 0 aromatic heterocycles. The van der Waals surface area contributed by atoms with Crippen LogP contribution in [0.15, 0.2) is 42.5 Å². The standard InChI is InChI=1S/C15H15ClO2/c1-2-18-12-8-6-11(7-9-12)10-13-14(16)4-3-5-15(13)17/h3-9,17H,2,10H2,1H3. The SMILES string of the molecule is CCOc1ccc(Cc2c(O)cccc2Cl)cc1. The van der Waals surface area contributed by atoms with Crippen LogP contribution in [-0.2, 0) is 6.42 Å². The van der Waals surface area contributed by atoms with Crippen molar-refractivity contribution in [2.75, 3.05) is 6.61 Å². The van der Waals surface area contributed by atoms with E-state index in [1.165, 1.54) is 0 Å². The molecule has 1 N–H and O–H groups in total. The molecule has 0 spiro atoms. The van der Waals surface area contributed by atoms with E-state index >= 15 is 0 Å². The minimum Gasteiger partial charge on any atom is -0.508 e. The molecule has 2 aromatic rings. The third-order valence-electron chi connectivity index (χ3n) is 2.71. The summed E-state index contributed by atoms with van der Waals surface area (Å²) < 4.78 is 5.38. The predicted molar refractivity (Wildman–Crippen MR) is 73.5 cm³/mol. The highest BCUT2D eigenvalue weighted by Gasteiger charge is 2.07. The number of ether oxygens (including phenoxy) is 1. The van der Waals surface area contributed by atoms with Gasteiger partial charge in [-0.05, 0) is 36.8 Å². The number of rotatable bonds is 4. The maximum Gasteiger partial charge on any atom is 0.120 e. The van der Waals surface area contributed by atoms with E-state index in [0.29, 0.717) is 18.1 Å². The Labute approximate surface area is 112 Å². The lowest BCUT2D eigenvalue weighted by Crippen LogP contribution is -1.93. The lowest BCUT2D eigenvalue weighted by molar-refractivity contribution is 0.340. The second kappa shape index (κ2) is 5.78. The zero-order chi connectivity index (χ0) is 13.0. The summed E-state index contributed by atoms with van der Waals surface area (Å²) in [5.74, 6) is 1.08. The van der Waals surface area contributed by atoms with Gasteiger partial charge in [0, 0.05) is 17.0 Å². The second-order valence-corrected chi connectivity index (χ2v) is 4.40. The average Bonchev–Trinajstić information content (AvgIpc) is 2.36. The van der Waals surface area contributed by atoms with Crippen LogP contribution in [0.3, 0.4) is 0 Å². The molecule has 0 aliphatic heterocycles. The van der Waals surface area contributed by atoms with Gasteiger partial charge in [0.05, 0.1) is 6.61 Å². The van der Waals surface area contributed by atoms with Gasteiger partial charge in [0.15, 0.2) is 0 Å². The quantitative estimate of drug-likeness (QED) is 0.901. The van der Waals surface area contributed by atoms with Crippen molar-refractivity contribution in [2.24, 2.45) is 0 Å². The molecule has 2 nitrogen and oxygen atoms in total. The molecule has 18 heavy (non-hydrogen) atoms. The van der Waals surface area contributed by atoms with Crippen molar-refractivity contribution >= 4 is 11.6 Å². The minimum atomic E-state index is 0.233. The first-order chi connectivity index (χ1) is 8.70. The topological polar surface area (TPSA) is 29.5 Å². The molecule has 0 aliphatic rings. The fourth-order valence-corrected chi connectivity index (χ4v) is 2.03. The number of benzene rings is 2. The van der Waals surface area contributed by atoms with Crippen molar-refractivity contribution in [3.8, 4) is 11.5 Å². The van der Waals surface area contributed by atoms with E-state index in [-0.39, 0.29) is 5.75 Å². The van der Waals surface area contributed by atoms with Gasteiger partial charge in [0.25, 0.3) is 0 Å². The molecule has 0 aliphatic carbocycles. The normalized spacial score (nSPS) is 10.3. The zero-order valence-electron chi connectivity index (χ0n) is 10.2. The van der Waals surface area contributed by atoms with Crippen molar-refractivity contribution in [1.82, 2.24) is 0 Å². The summed E-state index contributed by atoms with van der Waals surface area (Å²) >= 11 is 6.08. The Balaban J connectivity index is 2.18. The summed E-state index contributed by atoms with van der Waals surface area (Å²) in [6, 6.07) is 13.0. The Hall–Kier alpha value is -1.67. The summed E-state index contributed by atoms with van der Waals surface area (Å²) in [5, 5.41) is 10.4. The van der Waals surface area contributed by atoms with Gasteiger partial charge in [0.1, 0.15) is 11.5 Å². The third-order valence-corrected chi connectivity index (χ3v) is 3.06. The molecule has 0 fully saturated rings. The smallest absolute Gasteiger partial charge is 0.120 e. The maximum absolute atomic E-state index is 9.78. The van der Waals surface area contributed by atoms with Gasteiger partial charge in [-0.1, -0.05) is 29.8 Å². The van der Waals surface area contributed by atoms with Crippen LogP contribution in [0.5, 0.6) is 11.5 Å². The molecule has 0 bridgehead atoms. The summed E-state index contributed by atoms with van der Waals surface area (Å²) in [6.45, 7) is 2.61. The number of aromatic hydroxyl groups is 1. The molecule has 0 saturated heterocycles. The van der Waals surface area contributed by atoms with Gasteiger partial charge in [-0.2, -0.15) is 0 Å². The number of phenolic OH excluding ortho intramolecular Hbond substituents is 1. The van der Waals surface area contributed by atoms with Crippen LogP contribution in [0.25, 0.3) is 0 Å². The number of phenols is 1. The van der Waals surface area contributed by atoms with Crippen LogP contribution in [0.4, 0.5) is 0 Å². The largest absolute Gasteiger partial charge is 0.508 e. The number of halogens is 1. The van der Waals surface area contributed by atoms with Crippen LogP contribution in [0, 0.1) is 0 Å². The first kappa shape index (κ1) is 12.8. The highest BCUT2D eigenvalue weighted by molar-refractivity contribution is 6.31. The molecule has 0 unspecified atom stereocenters. The van der Waals surface area contributed by atoms with Gasteiger partial charge >= 0.3 is 0 Å². The number of hydrogen-bond acceptors (Lipinski definition) is 2. The van der Waals surface area contributed by atoms with Gasteiger partial charge in [-0.15, -0.1) is 0 Å². The predicted octanol–water partition coefficient (Wildman–Crippen LogP) is 4.04. The van der Waals surface area contributed by atoms with Crippen LogP contribution in [-0.4, -0.2) is 11.7 Å². The summed E-state index contributed by atoms with van der Waals surface area (Å²) in [7, 11) is 0. The second-order valence-electron chi connectivity index (χ2n) is 3.99. The molecular formula is C15H15ClO2. The minimum absolute atomic E-state index is 0.233. The molecule has 0 amide bonds.